The van der Waals surface area contributed by atoms with Gasteiger partial charge in [-0.1, -0.05) is 67.3 Å². The maximum Gasteiger partial charge on any atom is 0.260 e. The summed E-state index contributed by atoms with van der Waals surface area (Å²) in [6.45, 7) is 5.94. The zero-order valence-corrected chi connectivity index (χ0v) is 14.1. The third-order valence-corrected chi connectivity index (χ3v) is 4.37. The minimum Gasteiger partial charge on any atom is -0.278 e. The van der Waals surface area contributed by atoms with Crippen LogP contribution in [-0.4, -0.2) is 17.2 Å². The van der Waals surface area contributed by atoms with E-state index in [1.807, 2.05) is 61.5 Å². The highest BCUT2D eigenvalue weighted by Crippen LogP contribution is 2.25. The summed E-state index contributed by atoms with van der Waals surface area (Å²) in [5, 5.41) is 2.08. The first-order chi connectivity index (χ1) is 12.2. The van der Waals surface area contributed by atoms with Gasteiger partial charge in [-0.2, -0.15) is 0 Å². The van der Waals surface area contributed by atoms with Crippen molar-refractivity contribution in [2.45, 2.75) is 13.5 Å². The molecular weight excluding hydrogens is 310 g/mol. The first-order valence-electron chi connectivity index (χ1n) is 8.10. The summed E-state index contributed by atoms with van der Waals surface area (Å²) in [5.74, 6) is -0.287. The molecule has 0 aromatic heterocycles. The van der Waals surface area contributed by atoms with E-state index in [0.717, 1.165) is 27.5 Å². The molecular formula is C22H19NO2. The normalized spacial score (nSPS) is 10.4. The van der Waals surface area contributed by atoms with E-state index in [0.29, 0.717) is 12.0 Å². The highest BCUT2D eigenvalue weighted by molar-refractivity contribution is 6.01. The summed E-state index contributed by atoms with van der Waals surface area (Å²) in [5.41, 5.74) is 3.35. The van der Waals surface area contributed by atoms with Crippen LogP contribution in [0.25, 0.3) is 16.8 Å². The predicted octanol–water partition coefficient (Wildman–Crippen LogP) is 4.59. The molecule has 0 radical (unpaired) electrons. The molecule has 3 heteroatoms. The number of benzene rings is 3. The molecule has 3 nitrogen and oxygen atoms in total. The molecule has 0 aliphatic heterocycles. The smallest absolute Gasteiger partial charge is 0.260 e. The van der Waals surface area contributed by atoms with Crippen LogP contribution in [0.3, 0.4) is 0 Å². The molecule has 0 heterocycles. The number of hydrogen-bond donors (Lipinski definition) is 0. The fourth-order valence-corrected chi connectivity index (χ4v) is 3.01. The Kier molecular flexibility index (Phi) is 4.75. The molecule has 3 aromatic carbocycles. The third-order valence-electron chi connectivity index (χ3n) is 4.37. The molecule has 0 aliphatic rings. The molecule has 0 saturated heterocycles. The van der Waals surface area contributed by atoms with E-state index in [1.54, 1.807) is 12.1 Å². The topological polar surface area (TPSA) is 37.4 Å². The van der Waals surface area contributed by atoms with Crippen LogP contribution < -0.4 is 0 Å². The molecule has 25 heavy (non-hydrogen) atoms. The Morgan fingerprint density at radius 2 is 1.68 bits per heavy atom. The Bertz CT molecular complexity index is 959. The van der Waals surface area contributed by atoms with Gasteiger partial charge < -0.3 is 0 Å². The van der Waals surface area contributed by atoms with Crippen molar-refractivity contribution >= 4 is 29.2 Å². The largest absolute Gasteiger partial charge is 0.278 e. The summed E-state index contributed by atoms with van der Waals surface area (Å²) in [4.78, 5) is 25.5. The lowest BCUT2D eigenvalue weighted by Crippen LogP contribution is -2.29. The molecule has 0 spiro atoms. The van der Waals surface area contributed by atoms with Crippen LogP contribution in [0.4, 0.5) is 0 Å². The van der Waals surface area contributed by atoms with Crippen molar-refractivity contribution in [2.24, 2.45) is 0 Å². The van der Waals surface area contributed by atoms with Crippen LogP contribution >= 0.6 is 0 Å². The molecule has 0 saturated carbocycles. The number of amides is 2. The number of nitrogens with zero attached hydrogens (tertiary/aromatic N) is 1. The second-order valence-electron chi connectivity index (χ2n) is 5.92. The molecule has 0 atom stereocenters. The van der Waals surface area contributed by atoms with Crippen molar-refractivity contribution in [1.29, 1.82) is 0 Å². The zero-order valence-electron chi connectivity index (χ0n) is 14.1. The van der Waals surface area contributed by atoms with Gasteiger partial charge in [0.25, 0.3) is 5.91 Å². The standard InChI is InChI=1S/C22H19NO2/c1-3-17-12-13-18(21-11-7-6-10-20(17)21)14-23(15-24)22(25)19-9-5-4-8-16(19)2/h3-13,15H,1,14H2,2H3. The predicted molar refractivity (Wildman–Crippen MR) is 101 cm³/mol. The van der Waals surface area contributed by atoms with Crippen molar-refractivity contribution in [2.75, 3.05) is 0 Å². The van der Waals surface area contributed by atoms with Crippen LogP contribution in [0.15, 0.2) is 67.2 Å². The maximum atomic E-state index is 12.7. The fraction of sp³-hybridized carbons (Fsp3) is 0.0909. The van der Waals surface area contributed by atoms with E-state index >= 15 is 0 Å². The molecule has 3 rings (SSSR count). The number of hydrogen-bond acceptors (Lipinski definition) is 2. The van der Waals surface area contributed by atoms with Gasteiger partial charge in [-0.05, 0) is 40.5 Å². The van der Waals surface area contributed by atoms with Crippen molar-refractivity contribution in [1.82, 2.24) is 4.90 Å². The van der Waals surface area contributed by atoms with E-state index in [4.69, 9.17) is 0 Å². The molecule has 2 amide bonds. The van der Waals surface area contributed by atoms with Gasteiger partial charge in [0.1, 0.15) is 0 Å². The van der Waals surface area contributed by atoms with E-state index < -0.39 is 0 Å². The molecule has 124 valence electrons. The second-order valence-corrected chi connectivity index (χ2v) is 5.92. The van der Waals surface area contributed by atoms with Crippen molar-refractivity contribution in [3.8, 4) is 0 Å². The number of carbonyl (C=O) groups is 2. The van der Waals surface area contributed by atoms with Crippen LogP contribution in [0, 0.1) is 6.92 Å². The highest BCUT2D eigenvalue weighted by atomic mass is 16.2. The zero-order chi connectivity index (χ0) is 17.8. The Hall–Kier alpha value is -3.20. The highest BCUT2D eigenvalue weighted by Gasteiger charge is 2.18. The van der Waals surface area contributed by atoms with Gasteiger partial charge >= 0.3 is 0 Å². The van der Waals surface area contributed by atoms with E-state index in [1.165, 1.54) is 4.90 Å². The number of carbonyl (C=O) groups excluding carboxylic acids is 2. The van der Waals surface area contributed by atoms with Crippen LogP contribution in [0.5, 0.6) is 0 Å². The van der Waals surface area contributed by atoms with Gasteiger partial charge in [0.05, 0.1) is 6.54 Å². The van der Waals surface area contributed by atoms with E-state index in [9.17, 15) is 9.59 Å². The first kappa shape index (κ1) is 16.7. The number of fused-ring (bicyclic) bond motifs is 1. The monoisotopic (exact) mass is 329 g/mol. The van der Waals surface area contributed by atoms with Gasteiger partial charge in [0, 0.05) is 5.56 Å². The minimum atomic E-state index is -0.287. The summed E-state index contributed by atoms with van der Waals surface area (Å²) < 4.78 is 0. The molecule has 0 N–H and O–H groups in total. The van der Waals surface area contributed by atoms with Gasteiger partial charge in [-0.3, -0.25) is 14.5 Å². The van der Waals surface area contributed by atoms with Gasteiger partial charge in [0.15, 0.2) is 0 Å². The molecule has 0 fully saturated rings. The lowest BCUT2D eigenvalue weighted by Gasteiger charge is -2.18. The van der Waals surface area contributed by atoms with Gasteiger partial charge in [-0.15, -0.1) is 0 Å². The first-order valence-corrected chi connectivity index (χ1v) is 8.10. The molecule has 3 aromatic rings. The quantitative estimate of drug-likeness (QED) is 0.642. The molecule has 0 bridgehead atoms. The minimum absolute atomic E-state index is 0.231. The average Bonchev–Trinajstić information content (AvgIpc) is 2.66. The van der Waals surface area contributed by atoms with E-state index in [-0.39, 0.29) is 12.5 Å². The lowest BCUT2D eigenvalue weighted by molar-refractivity contribution is -0.116. The Morgan fingerprint density at radius 1 is 1.00 bits per heavy atom. The lowest BCUT2D eigenvalue weighted by atomic mass is 9.99. The van der Waals surface area contributed by atoms with Gasteiger partial charge in [-0.25, -0.2) is 0 Å². The van der Waals surface area contributed by atoms with Crippen LogP contribution in [0.2, 0.25) is 0 Å². The molecule has 0 unspecified atom stereocenters. The number of rotatable bonds is 5. The van der Waals surface area contributed by atoms with Gasteiger partial charge in [0.2, 0.25) is 6.41 Å². The molecule has 0 aliphatic carbocycles. The van der Waals surface area contributed by atoms with Crippen LogP contribution in [0.1, 0.15) is 27.0 Å². The summed E-state index contributed by atoms with van der Waals surface area (Å²) in [6.07, 6.45) is 2.41. The number of aryl methyl sites for hydroxylation is 1. The SMILES string of the molecule is C=Cc1ccc(CN(C=O)C(=O)c2ccccc2C)c2ccccc12. The van der Waals surface area contributed by atoms with Crippen molar-refractivity contribution in [3.63, 3.8) is 0 Å². The third kappa shape index (κ3) is 3.22. The van der Waals surface area contributed by atoms with E-state index in [2.05, 4.69) is 6.58 Å². The second kappa shape index (κ2) is 7.14. The fourth-order valence-electron chi connectivity index (χ4n) is 3.01. The average molecular weight is 329 g/mol. The Balaban J connectivity index is 1.99. The Labute approximate surface area is 147 Å². The van der Waals surface area contributed by atoms with Crippen molar-refractivity contribution in [3.05, 3.63) is 89.5 Å². The summed E-state index contributed by atoms with van der Waals surface area (Å²) >= 11 is 0. The summed E-state index contributed by atoms with van der Waals surface area (Å²) in [6, 6.07) is 19.1. The number of imide groups is 1. The summed E-state index contributed by atoms with van der Waals surface area (Å²) in [7, 11) is 0. The van der Waals surface area contributed by atoms with Crippen molar-refractivity contribution < 1.29 is 9.59 Å². The maximum absolute atomic E-state index is 12.7. The Morgan fingerprint density at radius 3 is 2.36 bits per heavy atom. The van der Waals surface area contributed by atoms with Crippen LogP contribution in [-0.2, 0) is 11.3 Å².